The number of halogens is 2. The molecule has 0 unspecified atom stereocenters. The second-order valence-corrected chi connectivity index (χ2v) is 7.49. The van der Waals surface area contributed by atoms with Gasteiger partial charge >= 0.3 is 0 Å². The van der Waals surface area contributed by atoms with Crippen LogP contribution in [0.25, 0.3) is 0 Å². The maximum atomic E-state index is 13.6. The molecule has 142 valence electrons. The van der Waals surface area contributed by atoms with Crippen molar-refractivity contribution in [3.63, 3.8) is 0 Å². The summed E-state index contributed by atoms with van der Waals surface area (Å²) in [4.78, 5) is 3.78. The van der Waals surface area contributed by atoms with E-state index in [1.165, 1.54) is 23.8 Å². The van der Waals surface area contributed by atoms with Crippen molar-refractivity contribution >= 4 is 39.8 Å². The molecule has 2 N–H and O–H groups in total. The van der Waals surface area contributed by atoms with E-state index in [0.717, 1.165) is 12.5 Å². The van der Waals surface area contributed by atoms with Crippen molar-refractivity contribution in [3.05, 3.63) is 66.0 Å². The minimum Gasteiger partial charge on any atom is -0.356 e. The Morgan fingerprint density at radius 3 is 2.27 bits per heavy atom. The van der Waals surface area contributed by atoms with Crippen LogP contribution in [-0.2, 0) is 16.3 Å². The highest BCUT2D eigenvalue weighted by Crippen LogP contribution is 2.14. The molecular formula is C18H23FIN3O2S. The van der Waals surface area contributed by atoms with Gasteiger partial charge in [-0.1, -0.05) is 42.5 Å². The van der Waals surface area contributed by atoms with Crippen molar-refractivity contribution in [2.45, 2.75) is 11.3 Å². The average molecular weight is 491 g/mol. The van der Waals surface area contributed by atoms with Crippen molar-refractivity contribution in [3.8, 4) is 0 Å². The molecule has 5 nitrogen and oxygen atoms in total. The Balaban J connectivity index is 0.00000338. The topological polar surface area (TPSA) is 70.6 Å². The molecule has 0 spiro atoms. The molecule has 2 aromatic rings. The number of benzene rings is 2. The molecule has 26 heavy (non-hydrogen) atoms. The SMILES string of the molecule is CN=C(NCCc1ccccc1)NCCS(=O)(=O)c1ccccc1F.I. The number of guanidine groups is 1. The summed E-state index contributed by atoms with van der Waals surface area (Å²) in [6.07, 6.45) is 0.828. The third-order valence-electron chi connectivity index (χ3n) is 3.61. The van der Waals surface area contributed by atoms with Crippen LogP contribution in [0.15, 0.2) is 64.5 Å². The van der Waals surface area contributed by atoms with Gasteiger partial charge in [0.05, 0.1) is 5.75 Å². The summed E-state index contributed by atoms with van der Waals surface area (Å²) in [5.41, 5.74) is 1.20. The number of nitrogens with zero attached hydrogens (tertiary/aromatic N) is 1. The van der Waals surface area contributed by atoms with E-state index in [-0.39, 0.29) is 41.2 Å². The first-order valence-corrected chi connectivity index (χ1v) is 9.64. The largest absolute Gasteiger partial charge is 0.356 e. The van der Waals surface area contributed by atoms with Crippen molar-refractivity contribution in [1.29, 1.82) is 0 Å². The molecule has 0 aromatic heterocycles. The molecule has 2 rings (SSSR count). The smallest absolute Gasteiger partial charge is 0.191 e. The van der Waals surface area contributed by atoms with Crippen molar-refractivity contribution < 1.29 is 12.8 Å². The van der Waals surface area contributed by atoms with Crippen LogP contribution in [0.3, 0.4) is 0 Å². The summed E-state index contributed by atoms with van der Waals surface area (Å²) in [6, 6.07) is 15.4. The zero-order chi connectivity index (χ0) is 18.1. The van der Waals surface area contributed by atoms with Crippen LogP contribution >= 0.6 is 24.0 Å². The highest BCUT2D eigenvalue weighted by atomic mass is 127. The Morgan fingerprint density at radius 2 is 1.62 bits per heavy atom. The van der Waals surface area contributed by atoms with Crippen LogP contribution in [0.2, 0.25) is 0 Å². The van der Waals surface area contributed by atoms with Crippen molar-refractivity contribution in [1.82, 2.24) is 10.6 Å². The van der Waals surface area contributed by atoms with Gasteiger partial charge in [-0.05, 0) is 24.1 Å². The standard InChI is InChI=1S/C18H22FN3O2S.HI/c1-20-18(21-12-11-15-7-3-2-4-8-15)22-13-14-25(23,24)17-10-6-5-9-16(17)19;/h2-10H,11-14H2,1H3,(H2,20,21,22);1H. The molecule has 0 saturated carbocycles. The van der Waals surface area contributed by atoms with Gasteiger partial charge in [0.2, 0.25) is 0 Å². The molecule has 0 amide bonds. The second kappa shape index (κ2) is 11.1. The first-order chi connectivity index (χ1) is 12.0. The van der Waals surface area contributed by atoms with E-state index in [4.69, 9.17) is 0 Å². The van der Waals surface area contributed by atoms with Crippen LogP contribution in [-0.4, -0.2) is 40.3 Å². The summed E-state index contributed by atoms with van der Waals surface area (Å²) in [5.74, 6) is -0.430. The number of nitrogens with one attached hydrogen (secondary N) is 2. The molecule has 0 aliphatic carbocycles. The lowest BCUT2D eigenvalue weighted by Gasteiger charge is -2.12. The molecule has 0 radical (unpaired) electrons. The summed E-state index contributed by atoms with van der Waals surface area (Å²) in [5, 5.41) is 6.06. The van der Waals surface area contributed by atoms with Gasteiger partial charge in [-0.25, -0.2) is 12.8 Å². The minimum absolute atomic E-state index is 0. The normalized spacial score (nSPS) is 11.5. The van der Waals surface area contributed by atoms with Gasteiger partial charge < -0.3 is 10.6 Å². The summed E-state index contributed by atoms with van der Waals surface area (Å²) >= 11 is 0. The third-order valence-corrected chi connectivity index (χ3v) is 5.35. The highest BCUT2D eigenvalue weighted by Gasteiger charge is 2.18. The molecule has 2 aromatic carbocycles. The lowest BCUT2D eigenvalue weighted by Crippen LogP contribution is -2.40. The second-order valence-electron chi connectivity index (χ2n) is 5.41. The van der Waals surface area contributed by atoms with E-state index in [1.807, 2.05) is 30.3 Å². The Bertz CT molecular complexity index is 814. The minimum atomic E-state index is -3.68. The number of hydrogen-bond donors (Lipinski definition) is 2. The predicted molar refractivity (Wildman–Crippen MR) is 113 cm³/mol. The molecule has 0 fully saturated rings. The molecule has 0 aliphatic heterocycles. The molecule has 0 saturated heterocycles. The molecule has 0 bridgehead atoms. The monoisotopic (exact) mass is 491 g/mol. The van der Waals surface area contributed by atoms with E-state index in [0.29, 0.717) is 12.5 Å². The molecule has 0 heterocycles. The summed E-state index contributed by atoms with van der Waals surface area (Å²) < 4.78 is 38.0. The van der Waals surface area contributed by atoms with Gasteiger partial charge in [0.1, 0.15) is 10.7 Å². The van der Waals surface area contributed by atoms with Crippen molar-refractivity contribution in [2.75, 3.05) is 25.9 Å². The molecule has 8 heteroatoms. The highest BCUT2D eigenvalue weighted by molar-refractivity contribution is 14.0. The van der Waals surface area contributed by atoms with Crippen molar-refractivity contribution in [2.24, 2.45) is 4.99 Å². The van der Waals surface area contributed by atoms with Crippen LogP contribution < -0.4 is 10.6 Å². The zero-order valence-electron chi connectivity index (χ0n) is 14.5. The van der Waals surface area contributed by atoms with Gasteiger partial charge in [0.25, 0.3) is 0 Å². The van der Waals surface area contributed by atoms with Gasteiger partial charge in [0.15, 0.2) is 15.8 Å². The number of rotatable bonds is 7. The maximum Gasteiger partial charge on any atom is 0.191 e. The van der Waals surface area contributed by atoms with Crippen LogP contribution in [0, 0.1) is 5.82 Å². The number of aliphatic imine (C=N–C) groups is 1. The van der Waals surface area contributed by atoms with Crippen LogP contribution in [0.5, 0.6) is 0 Å². The van der Waals surface area contributed by atoms with Crippen LogP contribution in [0.1, 0.15) is 5.56 Å². The van der Waals surface area contributed by atoms with E-state index < -0.39 is 15.7 Å². The summed E-state index contributed by atoms with van der Waals surface area (Å²) in [7, 11) is -2.06. The Kier molecular flexibility index (Phi) is 9.57. The fourth-order valence-electron chi connectivity index (χ4n) is 2.30. The number of sulfone groups is 1. The Hall–Kier alpha value is -1.68. The van der Waals surface area contributed by atoms with Gasteiger partial charge in [-0.15, -0.1) is 24.0 Å². The first-order valence-electron chi connectivity index (χ1n) is 7.98. The fourth-order valence-corrected chi connectivity index (χ4v) is 3.54. The molecular weight excluding hydrogens is 468 g/mol. The fraction of sp³-hybridized carbons (Fsp3) is 0.278. The van der Waals surface area contributed by atoms with E-state index in [9.17, 15) is 12.8 Å². The molecule has 0 aliphatic rings. The quantitative estimate of drug-likeness (QED) is 0.355. The first kappa shape index (κ1) is 22.4. The van der Waals surface area contributed by atoms with E-state index in [1.54, 1.807) is 7.05 Å². The lowest BCUT2D eigenvalue weighted by molar-refractivity contribution is 0.566. The van der Waals surface area contributed by atoms with E-state index >= 15 is 0 Å². The lowest BCUT2D eigenvalue weighted by atomic mass is 10.1. The van der Waals surface area contributed by atoms with Crippen LogP contribution in [0.4, 0.5) is 4.39 Å². The third kappa shape index (κ3) is 6.91. The predicted octanol–water partition coefficient (Wildman–Crippen LogP) is 2.63. The Morgan fingerprint density at radius 1 is 1.00 bits per heavy atom. The zero-order valence-corrected chi connectivity index (χ0v) is 17.6. The summed E-state index contributed by atoms with van der Waals surface area (Å²) in [6.45, 7) is 0.811. The molecule has 0 atom stereocenters. The Labute approximate surface area is 171 Å². The number of hydrogen-bond acceptors (Lipinski definition) is 3. The maximum absolute atomic E-state index is 13.6. The van der Waals surface area contributed by atoms with E-state index in [2.05, 4.69) is 15.6 Å². The van der Waals surface area contributed by atoms with Gasteiger partial charge in [-0.3, -0.25) is 4.99 Å². The average Bonchev–Trinajstić information content (AvgIpc) is 2.61. The van der Waals surface area contributed by atoms with Gasteiger partial charge in [-0.2, -0.15) is 0 Å². The van der Waals surface area contributed by atoms with Gasteiger partial charge in [0, 0.05) is 20.1 Å².